The standard InChI is InChI=1S/C11H13ClN2O6S/c1-7-9(12)5-8(6-10(7)14(16)17)21(18,19)13-4-3-11(15)20-2/h5-6,13H,3-4H2,1-2H3. The quantitative estimate of drug-likeness (QED) is 0.477. The van der Waals surface area contributed by atoms with Gasteiger partial charge in [0, 0.05) is 18.2 Å². The number of benzene rings is 1. The van der Waals surface area contributed by atoms with Crippen LogP contribution in [0.25, 0.3) is 0 Å². The number of sulfonamides is 1. The molecule has 0 aliphatic carbocycles. The first-order valence-corrected chi connectivity index (χ1v) is 7.56. The highest BCUT2D eigenvalue weighted by Gasteiger charge is 2.22. The lowest BCUT2D eigenvalue weighted by atomic mass is 10.2. The van der Waals surface area contributed by atoms with Gasteiger partial charge in [-0.15, -0.1) is 0 Å². The second-order valence-electron chi connectivity index (χ2n) is 4.03. The van der Waals surface area contributed by atoms with Gasteiger partial charge in [-0.05, 0) is 13.0 Å². The molecule has 8 nitrogen and oxygen atoms in total. The summed E-state index contributed by atoms with van der Waals surface area (Å²) in [6.07, 6.45) is -0.155. The molecule has 116 valence electrons. The maximum atomic E-state index is 12.0. The van der Waals surface area contributed by atoms with Crippen LogP contribution in [-0.4, -0.2) is 33.0 Å². The lowest BCUT2D eigenvalue weighted by Crippen LogP contribution is -2.26. The van der Waals surface area contributed by atoms with Gasteiger partial charge < -0.3 is 4.74 Å². The Balaban J connectivity index is 3.04. The van der Waals surface area contributed by atoms with Crippen LogP contribution in [0.5, 0.6) is 0 Å². The Morgan fingerprint density at radius 1 is 1.48 bits per heavy atom. The van der Waals surface area contributed by atoms with E-state index in [4.69, 9.17) is 11.6 Å². The number of nitro benzene ring substituents is 1. The minimum atomic E-state index is -4.01. The number of ether oxygens (including phenoxy) is 1. The van der Waals surface area contributed by atoms with Crippen molar-refractivity contribution >= 4 is 33.3 Å². The molecule has 0 aromatic heterocycles. The maximum absolute atomic E-state index is 12.0. The third-order valence-electron chi connectivity index (χ3n) is 2.65. The van der Waals surface area contributed by atoms with Gasteiger partial charge in [-0.2, -0.15) is 0 Å². The van der Waals surface area contributed by atoms with Crippen molar-refractivity contribution in [1.29, 1.82) is 0 Å². The maximum Gasteiger partial charge on any atom is 0.306 e. The first kappa shape index (κ1) is 17.3. The van der Waals surface area contributed by atoms with Crippen molar-refractivity contribution in [3.63, 3.8) is 0 Å². The highest BCUT2D eigenvalue weighted by Crippen LogP contribution is 2.29. The number of esters is 1. The molecule has 0 bridgehead atoms. The van der Waals surface area contributed by atoms with Crippen LogP contribution in [0.2, 0.25) is 5.02 Å². The number of methoxy groups -OCH3 is 1. The van der Waals surface area contributed by atoms with E-state index < -0.39 is 26.6 Å². The molecular weight excluding hydrogens is 324 g/mol. The van der Waals surface area contributed by atoms with E-state index in [0.717, 1.165) is 12.1 Å². The number of nitrogens with one attached hydrogen (secondary N) is 1. The zero-order chi connectivity index (χ0) is 16.2. The molecule has 0 amide bonds. The predicted molar refractivity (Wildman–Crippen MR) is 74.7 cm³/mol. The van der Waals surface area contributed by atoms with Crippen LogP contribution in [0.1, 0.15) is 12.0 Å². The Hall–Kier alpha value is -1.71. The summed E-state index contributed by atoms with van der Waals surface area (Å²) in [5.74, 6) is -0.578. The van der Waals surface area contributed by atoms with E-state index in [9.17, 15) is 23.3 Å². The summed E-state index contributed by atoms with van der Waals surface area (Å²) in [5.41, 5.74) is -0.217. The van der Waals surface area contributed by atoms with E-state index in [2.05, 4.69) is 9.46 Å². The molecule has 1 aromatic rings. The summed E-state index contributed by atoms with van der Waals surface area (Å²) in [6, 6.07) is 2.03. The Morgan fingerprint density at radius 2 is 2.10 bits per heavy atom. The fraction of sp³-hybridized carbons (Fsp3) is 0.364. The molecule has 0 spiro atoms. The molecule has 0 unspecified atom stereocenters. The molecule has 0 fully saturated rings. The predicted octanol–water partition coefficient (Wildman–Crippen LogP) is 1.40. The lowest BCUT2D eigenvalue weighted by Gasteiger charge is -2.08. The SMILES string of the molecule is COC(=O)CCNS(=O)(=O)c1cc(Cl)c(C)c([N+](=O)[O-])c1. The first-order chi connectivity index (χ1) is 9.69. The van der Waals surface area contributed by atoms with Gasteiger partial charge in [-0.3, -0.25) is 14.9 Å². The number of nitrogens with zero attached hydrogens (tertiary/aromatic N) is 1. The Morgan fingerprint density at radius 3 is 2.62 bits per heavy atom. The van der Waals surface area contributed by atoms with E-state index in [1.54, 1.807) is 0 Å². The van der Waals surface area contributed by atoms with Crippen molar-refractivity contribution in [3.8, 4) is 0 Å². The number of hydrogen-bond acceptors (Lipinski definition) is 6. The van der Waals surface area contributed by atoms with Crippen LogP contribution in [0.3, 0.4) is 0 Å². The molecule has 1 N–H and O–H groups in total. The number of carbonyl (C=O) groups excluding carboxylic acids is 1. The Kier molecular flexibility index (Phi) is 5.64. The van der Waals surface area contributed by atoms with E-state index in [1.165, 1.54) is 14.0 Å². The number of halogens is 1. The van der Waals surface area contributed by atoms with Gasteiger partial charge in [0.1, 0.15) is 0 Å². The largest absolute Gasteiger partial charge is 0.469 e. The fourth-order valence-corrected chi connectivity index (χ4v) is 2.81. The molecule has 0 radical (unpaired) electrons. The summed E-state index contributed by atoms with van der Waals surface area (Å²) in [4.78, 5) is 20.7. The number of carbonyl (C=O) groups is 1. The number of hydrogen-bond donors (Lipinski definition) is 1. The fourth-order valence-electron chi connectivity index (χ4n) is 1.46. The zero-order valence-corrected chi connectivity index (χ0v) is 12.8. The van der Waals surface area contributed by atoms with Crippen molar-refractivity contribution in [2.24, 2.45) is 0 Å². The zero-order valence-electron chi connectivity index (χ0n) is 11.3. The molecule has 0 atom stereocenters. The van der Waals surface area contributed by atoms with Crippen molar-refractivity contribution in [2.45, 2.75) is 18.2 Å². The van der Waals surface area contributed by atoms with Crippen LogP contribution in [-0.2, 0) is 19.6 Å². The summed E-state index contributed by atoms with van der Waals surface area (Å²) in [5, 5.41) is 10.8. The van der Waals surface area contributed by atoms with Crippen molar-refractivity contribution < 1.29 is 22.9 Å². The van der Waals surface area contributed by atoms with Crippen molar-refractivity contribution in [2.75, 3.05) is 13.7 Å². The van der Waals surface area contributed by atoms with E-state index in [1.807, 2.05) is 0 Å². The average Bonchev–Trinajstić information content (AvgIpc) is 2.40. The molecular formula is C11H13ClN2O6S. The summed E-state index contributed by atoms with van der Waals surface area (Å²) in [7, 11) is -2.83. The van der Waals surface area contributed by atoms with Gasteiger partial charge in [0.2, 0.25) is 10.0 Å². The highest BCUT2D eigenvalue weighted by atomic mass is 35.5. The van der Waals surface area contributed by atoms with Gasteiger partial charge in [-0.25, -0.2) is 13.1 Å². The van der Waals surface area contributed by atoms with Gasteiger partial charge in [0.15, 0.2) is 0 Å². The van der Waals surface area contributed by atoms with E-state index in [-0.39, 0.29) is 28.4 Å². The molecule has 0 saturated heterocycles. The molecule has 1 aromatic carbocycles. The monoisotopic (exact) mass is 336 g/mol. The first-order valence-electron chi connectivity index (χ1n) is 5.70. The molecule has 21 heavy (non-hydrogen) atoms. The summed E-state index contributed by atoms with van der Waals surface area (Å²) < 4.78 is 30.5. The molecule has 0 aliphatic heterocycles. The minimum Gasteiger partial charge on any atom is -0.469 e. The van der Waals surface area contributed by atoms with Gasteiger partial charge >= 0.3 is 5.97 Å². The van der Waals surface area contributed by atoms with Gasteiger partial charge in [0.25, 0.3) is 5.69 Å². The molecule has 0 saturated carbocycles. The average molecular weight is 337 g/mol. The lowest BCUT2D eigenvalue weighted by molar-refractivity contribution is -0.385. The second-order valence-corrected chi connectivity index (χ2v) is 6.20. The van der Waals surface area contributed by atoms with Crippen LogP contribution >= 0.6 is 11.6 Å². The number of nitro groups is 1. The van der Waals surface area contributed by atoms with Crippen LogP contribution < -0.4 is 4.72 Å². The molecule has 0 aliphatic rings. The van der Waals surface area contributed by atoms with Crippen LogP contribution in [0.15, 0.2) is 17.0 Å². The summed E-state index contributed by atoms with van der Waals surface area (Å²) in [6.45, 7) is 1.23. The van der Waals surface area contributed by atoms with Gasteiger partial charge in [-0.1, -0.05) is 11.6 Å². The Labute approximate surface area is 126 Å². The topological polar surface area (TPSA) is 116 Å². The smallest absolute Gasteiger partial charge is 0.306 e. The second kappa shape index (κ2) is 6.83. The van der Waals surface area contributed by atoms with Crippen LogP contribution in [0, 0.1) is 17.0 Å². The van der Waals surface area contributed by atoms with Crippen molar-refractivity contribution in [3.05, 3.63) is 32.8 Å². The van der Waals surface area contributed by atoms with Gasteiger partial charge in [0.05, 0.1) is 28.4 Å². The molecule has 0 heterocycles. The van der Waals surface area contributed by atoms with Crippen molar-refractivity contribution in [1.82, 2.24) is 4.72 Å². The van der Waals surface area contributed by atoms with Crippen LogP contribution in [0.4, 0.5) is 5.69 Å². The normalized spacial score (nSPS) is 11.2. The summed E-state index contributed by atoms with van der Waals surface area (Å²) >= 11 is 5.81. The Bertz CT molecular complexity index is 674. The number of rotatable bonds is 6. The third-order valence-corrected chi connectivity index (χ3v) is 4.48. The molecule has 1 rings (SSSR count). The van der Waals surface area contributed by atoms with E-state index >= 15 is 0 Å². The molecule has 10 heteroatoms. The highest BCUT2D eigenvalue weighted by molar-refractivity contribution is 7.89. The third kappa shape index (κ3) is 4.38. The van der Waals surface area contributed by atoms with E-state index in [0.29, 0.717) is 0 Å². The minimum absolute atomic E-state index is 0.0301.